The molecule has 4 rings (SSSR count). The van der Waals surface area contributed by atoms with Gasteiger partial charge in [0.15, 0.2) is 0 Å². The predicted octanol–water partition coefficient (Wildman–Crippen LogP) is 3.30. The van der Waals surface area contributed by atoms with E-state index in [1.807, 2.05) is 4.90 Å². The molecule has 3 aliphatic rings. The molecule has 0 radical (unpaired) electrons. The van der Waals surface area contributed by atoms with Gasteiger partial charge in [-0.2, -0.15) is 0 Å². The number of nitro benzene ring substituents is 1. The summed E-state index contributed by atoms with van der Waals surface area (Å²) in [6.07, 6.45) is 3.39. The fourth-order valence-corrected chi connectivity index (χ4v) is 5.32. The van der Waals surface area contributed by atoms with E-state index < -0.39 is 4.92 Å². The third-order valence-electron chi connectivity index (χ3n) is 7.06. The summed E-state index contributed by atoms with van der Waals surface area (Å²) in [7, 11) is 0. The van der Waals surface area contributed by atoms with E-state index in [-0.39, 0.29) is 46.9 Å². The number of nitro groups is 1. The maximum Gasteiger partial charge on any atom is 0.309 e. The van der Waals surface area contributed by atoms with Crippen LogP contribution in [0.25, 0.3) is 0 Å². The molecule has 2 saturated heterocycles. The summed E-state index contributed by atoms with van der Waals surface area (Å²) in [6, 6.07) is 4.57. The molecule has 0 bridgehead atoms. The summed E-state index contributed by atoms with van der Waals surface area (Å²) in [5, 5.41) is 11.9. The number of anilines is 2. The number of imide groups is 1. The fourth-order valence-electron chi connectivity index (χ4n) is 5.32. The van der Waals surface area contributed by atoms with Crippen LogP contribution in [0.3, 0.4) is 0 Å². The third kappa shape index (κ3) is 3.96. The van der Waals surface area contributed by atoms with Crippen LogP contribution >= 0.6 is 0 Å². The molecule has 0 aromatic heterocycles. The Kier molecular flexibility index (Phi) is 6.17. The average Bonchev–Trinajstić information content (AvgIpc) is 3.03. The van der Waals surface area contributed by atoms with Crippen molar-refractivity contribution in [2.75, 3.05) is 29.5 Å². The summed E-state index contributed by atoms with van der Waals surface area (Å²) in [5.41, 5.74) is 0.561. The highest BCUT2D eigenvalue weighted by Gasteiger charge is 2.50. The Hall–Kier alpha value is -2.97. The molecule has 2 aliphatic heterocycles. The van der Waals surface area contributed by atoms with Crippen molar-refractivity contribution in [3.8, 4) is 0 Å². The van der Waals surface area contributed by atoms with Gasteiger partial charge in [0.2, 0.25) is 11.8 Å². The molecule has 3 unspecified atom stereocenters. The number of carbonyl (C=O) groups is 3. The standard InChI is InChI=1S/C23H29N3O6/c1-3-32-23(29)15-8-10-24(11-9-15)19-7-5-16(13-20(19)26(30)31)25-21(27)17-6-4-14(2)12-18(17)22(25)28/h5,7,13-15,17-18H,3-4,6,8-12H2,1-2H3. The van der Waals surface area contributed by atoms with E-state index in [2.05, 4.69) is 6.92 Å². The molecular weight excluding hydrogens is 414 g/mol. The molecule has 1 aliphatic carbocycles. The van der Waals surface area contributed by atoms with Crippen molar-refractivity contribution in [3.05, 3.63) is 28.3 Å². The number of rotatable bonds is 5. The zero-order valence-electron chi connectivity index (χ0n) is 18.5. The van der Waals surface area contributed by atoms with Gasteiger partial charge in [0.25, 0.3) is 5.69 Å². The van der Waals surface area contributed by atoms with E-state index in [4.69, 9.17) is 4.74 Å². The summed E-state index contributed by atoms with van der Waals surface area (Å²) >= 11 is 0. The van der Waals surface area contributed by atoms with E-state index in [9.17, 15) is 24.5 Å². The van der Waals surface area contributed by atoms with Crippen LogP contribution in [0.2, 0.25) is 0 Å². The second-order valence-electron chi connectivity index (χ2n) is 9.09. The highest BCUT2D eigenvalue weighted by molar-refractivity contribution is 6.22. The van der Waals surface area contributed by atoms with Crippen molar-refractivity contribution in [2.45, 2.75) is 46.0 Å². The molecule has 2 heterocycles. The number of hydrogen-bond acceptors (Lipinski definition) is 7. The molecule has 32 heavy (non-hydrogen) atoms. The molecule has 1 aromatic rings. The van der Waals surface area contributed by atoms with Gasteiger partial charge in [-0.3, -0.25) is 24.5 Å². The SMILES string of the molecule is CCOC(=O)C1CCN(c2ccc(N3C(=O)C4CCC(C)CC4C3=O)cc2[N+](=O)[O-])CC1. The molecule has 3 fully saturated rings. The minimum Gasteiger partial charge on any atom is -0.466 e. The molecule has 0 spiro atoms. The van der Waals surface area contributed by atoms with Crippen molar-refractivity contribution in [1.29, 1.82) is 0 Å². The topological polar surface area (TPSA) is 110 Å². The third-order valence-corrected chi connectivity index (χ3v) is 7.06. The summed E-state index contributed by atoms with van der Waals surface area (Å²) in [6.45, 7) is 5.17. The number of hydrogen-bond donors (Lipinski definition) is 0. The molecule has 172 valence electrons. The molecule has 3 atom stereocenters. The Bertz CT molecular complexity index is 940. The number of esters is 1. The Labute approximate surface area is 186 Å². The molecule has 9 heteroatoms. The number of carbonyl (C=O) groups excluding carboxylic acids is 3. The van der Waals surface area contributed by atoms with Crippen LogP contribution < -0.4 is 9.80 Å². The lowest BCUT2D eigenvalue weighted by Crippen LogP contribution is -2.37. The zero-order chi connectivity index (χ0) is 23.0. The first kappa shape index (κ1) is 22.2. The van der Waals surface area contributed by atoms with Crippen molar-refractivity contribution in [1.82, 2.24) is 0 Å². The first-order chi connectivity index (χ1) is 15.3. The Morgan fingerprint density at radius 3 is 2.47 bits per heavy atom. The molecule has 9 nitrogen and oxygen atoms in total. The van der Waals surface area contributed by atoms with Gasteiger partial charge in [-0.1, -0.05) is 6.92 Å². The van der Waals surface area contributed by atoms with Gasteiger partial charge in [-0.05, 0) is 57.1 Å². The normalized spacial score (nSPS) is 26.2. The maximum absolute atomic E-state index is 13.0. The lowest BCUT2D eigenvalue weighted by molar-refractivity contribution is -0.384. The van der Waals surface area contributed by atoms with Gasteiger partial charge in [-0.25, -0.2) is 4.90 Å². The van der Waals surface area contributed by atoms with Crippen LogP contribution in [0.1, 0.15) is 46.0 Å². The quantitative estimate of drug-likeness (QED) is 0.297. The van der Waals surface area contributed by atoms with Gasteiger partial charge < -0.3 is 9.64 Å². The van der Waals surface area contributed by atoms with Crippen LogP contribution in [0.5, 0.6) is 0 Å². The van der Waals surface area contributed by atoms with Crippen LogP contribution in [-0.2, 0) is 19.1 Å². The van der Waals surface area contributed by atoms with E-state index >= 15 is 0 Å². The number of nitrogens with zero attached hydrogens (tertiary/aromatic N) is 3. The zero-order valence-corrected chi connectivity index (χ0v) is 18.5. The predicted molar refractivity (Wildman–Crippen MR) is 117 cm³/mol. The average molecular weight is 444 g/mol. The first-order valence-electron chi connectivity index (χ1n) is 11.4. The van der Waals surface area contributed by atoms with E-state index in [1.165, 1.54) is 6.07 Å². The maximum atomic E-state index is 13.0. The Balaban J connectivity index is 1.56. The van der Waals surface area contributed by atoms with Crippen molar-refractivity contribution < 1.29 is 24.0 Å². The van der Waals surface area contributed by atoms with Crippen molar-refractivity contribution >= 4 is 34.8 Å². The van der Waals surface area contributed by atoms with Crippen molar-refractivity contribution in [2.24, 2.45) is 23.7 Å². The van der Waals surface area contributed by atoms with Crippen molar-refractivity contribution in [3.63, 3.8) is 0 Å². The lowest BCUT2D eigenvalue weighted by Gasteiger charge is -2.32. The smallest absolute Gasteiger partial charge is 0.309 e. The Morgan fingerprint density at radius 1 is 1.12 bits per heavy atom. The number of piperidine rings is 1. The van der Waals surface area contributed by atoms with E-state index in [0.29, 0.717) is 57.0 Å². The van der Waals surface area contributed by atoms with Crippen LogP contribution in [-0.4, -0.2) is 42.4 Å². The van der Waals surface area contributed by atoms with Crippen LogP contribution in [0.15, 0.2) is 18.2 Å². The highest BCUT2D eigenvalue weighted by Crippen LogP contribution is 2.43. The highest BCUT2D eigenvalue weighted by atomic mass is 16.6. The first-order valence-corrected chi connectivity index (χ1v) is 11.4. The summed E-state index contributed by atoms with van der Waals surface area (Å²) in [4.78, 5) is 52.4. The summed E-state index contributed by atoms with van der Waals surface area (Å²) in [5.74, 6) is -1.17. The fraction of sp³-hybridized carbons (Fsp3) is 0.609. The van der Waals surface area contributed by atoms with Crippen LogP contribution in [0, 0.1) is 33.8 Å². The minimum atomic E-state index is -0.476. The molecule has 1 saturated carbocycles. The van der Waals surface area contributed by atoms with Gasteiger partial charge in [-0.15, -0.1) is 0 Å². The molecular formula is C23H29N3O6. The Morgan fingerprint density at radius 2 is 1.81 bits per heavy atom. The number of fused-ring (bicyclic) bond motifs is 1. The second kappa shape index (κ2) is 8.88. The molecule has 0 N–H and O–H groups in total. The van der Waals surface area contributed by atoms with Gasteiger partial charge in [0.05, 0.1) is 35.0 Å². The van der Waals surface area contributed by atoms with E-state index in [0.717, 1.165) is 11.3 Å². The van der Waals surface area contributed by atoms with E-state index in [1.54, 1.807) is 19.1 Å². The largest absolute Gasteiger partial charge is 0.466 e. The molecule has 1 aromatic carbocycles. The lowest BCUT2D eigenvalue weighted by atomic mass is 9.76. The monoisotopic (exact) mass is 443 g/mol. The van der Waals surface area contributed by atoms with Crippen LogP contribution in [0.4, 0.5) is 17.1 Å². The number of benzene rings is 1. The number of amides is 2. The minimum absolute atomic E-state index is 0.138. The number of ether oxygens (including phenoxy) is 1. The summed E-state index contributed by atoms with van der Waals surface area (Å²) < 4.78 is 5.09. The van der Waals surface area contributed by atoms with Gasteiger partial charge >= 0.3 is 5.97 Å². The second-order valence-corrected chi connectivity index (χ2v) is 9.09. The molecule has 2 amide bonds. The van der Waals surface area contributed by atoms with Gasteiger partial charge in [0.1, 0.15) is 5.69 Å². The van der Waals surface area contributed by atoms with Gasteiger partial charge in [0, 0.05) is 19.2 Å².